The molecule has 1 aromatic rings. The highest BCUT2D eigenvalue weighted by molar-refractivity contribution is 5.85. The van der Waals surface area contributed by atoms with Crippen LogP contribution in [-0.2, 0) is 9.53 Å². The summed E-state index contributed by atoms with van der Waals surface area (Å²) >= 11 is 0. The zero-order valence-corrected chi connectivity index (χ0v) is 14.9. The lowest BCUT2D eigenvalue weighted by molar-refractivity contribution is -0.122. The molecule has 6 nitrogen and oxygen atoms in total. The summed E-state index contributed by atoms with van der Waals surface area (Å²) in [6, 6.07) is 2.31. The van der Waals surface area contributed by atoms with E-state index in [0.717, 1.165) is 6.54 Å². The summed E-state index contributed by atoms with van der Waals surface area (Å²) in [7, 11) is 2.93. The Morgan fingerprint density at radius 1 is 1.42 bits per heavy atom. The Balaban J connectivity index is 0.00000288. The molecular weight excluding hydrogens is 339 g/mol. The van der Waals surface area contributed by atoms with Gasteiger partial charge in [0, 0.05) is 30.6 Å². The Kier molecular flexibility index (Phi) is 8.24. The molecule has 2 unspecified atom stereocenters. The first-order valence-corrected chi connectivity index (χ1v) is 7.57. The van der Waals surface area contributed by atoms with Crippen molar-refractivity contribution >= 4 is 18.3 Å². The Labute approximate surface area is 147 Å². The molecule has 0 saturated carbocycles. The van der Waals surface area contributed by atoms with Gasteiger partial charge in [-0.1, -0.05) is 0 Å². The highest BCUT2D eigenvalue weighted by Crippen LogP contribution is 2.32. The summed E-state index contributed by atoms with van der Waals surface area (Å²) < 4.78 is 29.7. The average molecular weight is 363 g/mol. The lowest BCUT2D eigenvalue weighted by atomic mass is 10.1. The van der Waals surface area contributed by atoms with Crippen LogP contribution in [0.4, 0.5) is 4.39 Å². The fourth-order valence-corrected chi connectivity index (χ4v) is 2.55. The van der Waals surface area contributed by atoms with Crippen molar-refractivity contribution < 1.29 is 23.4 Å². The zero-order chi connectivity index (χ0) is 16.8. The lowest BCUT2D eigenvalue weighted by Crippen LogP contribution is -2.44. The number of amides is 1. The van der Waals surface area contributed by atoms with Crippen LogP contribution in [0.1, 0.15) is 24.9 Å². The maximum Gasteiger partial charge on any atom is 0.222 e. The predicted molar refractivity (Wildman–Crippen MR) is 90.5 cm³/mol. The SMILES string of the molecule is COc1cc(F)c(C(C)NC(=O)CC2COCCN2)cc1OC.Cl. The van der Waals surface area contributed by atoms with E-state index in [2.05, 4.69) is 10.6 Å². The third-order valence-electron chi connectivity index (χ3n) is 3.78. The van der Waals surface area contributed by atoms with E-state index in [1.807, 2.05) is 0 Å². The second-order valence-corrected chi connectivity index (χ2v) is 5.45. The molecule has 0 spiro atoms. The van der Waals surface area contributed by atoms with E-state index in [9.17, 15) is 9.18 Å². The van der Waals surface area contributed by atoms with Crippen molar-refractivity contribution in [2.45, 2.75) is 25.4 Å². The monoisotopic (exact) mass is 362 g/mol. The number of benzene rings is 1. The van der Waals surface area contributed by atoms with Crippen LogP contribution in [0.25, 0.3) is 0 Å². The number of morpholine rings is 1. The van der Waals surface area contributed by atoms with E-state index in [0.29, 0.717) is 36.7 Å². The van der Waals surface area contributed by atoms with Gasteiger partial charge in [-0.2, -0.15) is 0 Å². The van der Waals surface area contributed by atoms with Gasteiger partial charge in [-0.05, 0) is 13.0 Å². The second-order valence-electron chi connectivity index (χ2n) is 5.45. The van der Waals surface area contributed by atoms with E-state index in [1.54, 1.807) is 13.0 Å². The molecule has 1 fully saturated rings. The minimum absolute atomic E-state index is 0. The normalized spacial score (nSPS) is 18.2. The number of carbonyl (C=O) groups excluding carboxylic acids is 1. The van der Waals surface area contributed by atoms with Crippen molar-refractivity contribution in [3.63, 3.8) is 0 Å². The summed E-state index contributed by atoms with van der Waals surface area (Å²) in [6.07, 6.45) is 0.291. The summed E-state index contributed by atoms with van der Waals surface area (Å²) in [4.78, 5) is 12.1. The first kappa shape index (κ1) is 20.5. The Morgan fingerprint density at radius 2 is 2.08 bits per heavy atom. The maximum absolute atomic E-state index is 14.2. The molecule has 24 heavy (non-hydrogen) atoms. The van der Waals surface area contributed by atoms with Gasteiger partial charge < -0.3 is 24.8 Å². The van der Waals surface area contributed by atoms with Gasteiger partial charge in [0.05, 0.1) is 33.5 Å². The molecule has 2 N–H and O–H groups in total. The van der Waals surface area contributed by atoms with Crippen LogP contribution in [0.15, 0.2) is 12.1 Å². The van der Waals surface area contributed by atoms with Crippen LogP contribution in [0.2, 0.25) is 0 Å². The van der Waals surface area contributed by atoms with E-state index >= 15 is 0 Å². The maximum atomic E-state index is 14.2. The molecule has 1 amide bonds. The highest BCUT2D eigenvalue weighted by Gasteiger charge is 2.21. The van der Waals surface area contributed by atoms with Gasteiger partial charge in [0.2, 0.25) is 5.91 Å². The topological polar surface area (TPSA) is 68.8 Å². The summed E-state index contributed by atoms with van der Waals surface area (Å²) in [5.41, 5.74) is 0.351. The fourth-order valence-electron chi connectivity index (χ4n) is 2.55. The molecule has 1 heterocycles. The van der Waals surface area contributed by atoms with Crippen molar-refractivity contribution in [2.24, 2.45) is 0 Å². The minimum Gasteiger partial charge on any atom is -0.493 e. The molecule has 0 radical (unpaired) electrons. The molecule has 2 atom stereocenters. The number of methoxy groups -OCH3 is 2. The van der Waals surface area contributed by atoms with Gasteiger partial charge in [0.15, 0.2) is 11.5 Å². The van der Waals surface area contributed by atoms with Crippen LogP contribution in [-0.4, -0.2) is 45.9 Å². The lowest BCUT2D eigenvalue weighted by Gasteiger charge is -2.24. The number of carbonyl (C=O) groups is 1. The molecular formula is C16H24ClFN2O4. The van der Waals surface area contributed by atoms with Gasteiger partial charge in [0.1, 0.15) is 5.82 Å². The van der Waals surface area contributed by atoms with E-state index in [4.69, 9.17) is 14.2 Å². The van der Waals surface area contributed by atoms with Crippen LogP contribution in [0, 0.1) is 5.82 Å². The number of hydrogen-bond acceptors (Lipinski definition) is 5. The second kappa shape index (κ2) is 9.66. The van der Waals surface area contributed by atoms with Gasteiger partial charge in [-0.25, -0.2) is 4.39 Å². The molecule has 1 aliphatic heterocycles. The first-order valence-electron chi connectivity index (χ1n) is 7.57. The van der Waals surface area contributed by atoms with Crippen LogP contribution >= 0.6 is 12.4 Å². The molecule has 1 aromatic carbocycles. The van der Waals surface area contributed by atoms with Crippen molar-refractivity contribution in [3.05, 3.63) is 23.5 Å². The number of nitrogens with one attached hydrogen (secondary N) is 2. The minimum atomic E-state index is -0.480. The number of ether oxygens (including phenoxy) is 3. The quantitative estimate of drug-likeness (QED) is 0.808. The molecule has 1 saturated heterocycles. The number of hydrogen-bond donors (Lipinski definition) is 2. The molecule has 0 bridgehead atoms. The highest BCUT2D eigenvalue weighted by atomic mass is 35.5. The van der Waals surface area contributed by atoms with E-state index < -0.39 is 11.9 Å². The van der Waals surface area contributed by atoms with Gasteiger partial charge in [-0.3, -0.25) is 4.79 Å². The van der Waals surface area contributed by atoms with E-state index in [1.165, 1.54) is 20.3 Å². The van der Waals surface area contributed by atoms with Crippen LogP contribution < -0.4 is 20.1 Å². The predicted octanol–water partition coefficient (Wildman–Crippen LogP) is 1.82. The van der Waals surface area contributed by atoms with Crippen molar-refractivity contribution in [3.8, 4) is 11.5 Å². The van der Waals surface area contributed by atoms with E-state index in [-0.39, 0.29) is 24.4 Å². The Hall–Kier alpha value is -1.57. The summed E-state index contributed by atoms with van der Waals surface area (Å²) in [5.74, 6) is 0.132. The Bertz CT molecular complexity index is 553. The number of rotatable bonds is 6. The zero-order valence-electron chi connectivity index (χ0n) is 14.1. The molecule has 0 aliphatic carbocycles. The van der Waals surface area contributed by atoms with Gasteiger partial charge in [-0.15, -0.1) is 12.4 Å². The van der Waals surface area contributed by atoms with Gasteiger partial charge >= 0.3 is 0 Å². The standard InChI is InChI=1S/C16H23FN2O4.ClH/c1-10(19-16(20)6-11-9-23-5-4-18-11)12-7-14(21-2)15(22-3)8-13(12)17;/h7-8,10-11,18H,4-6,9H2,1-3H3,(H,19,20);1H. The first-order chi connectivity index (χ1) is 11.0. The molecule has 0 aromatic heterocycles. The third kappa shape index (κ3) is 5.22. The van der Waals surface area contributed by atoms with Crippen molar-refractivity contribution in [1.82, 2.24) is 10.6 Å². The molecule has 136 valence electrons. The fraction of sp³-hybridized carbons (Fsp3) is 0.562. The Morgan fingerprint density at radius 3 is 2.67 bits per heavy atom. The molecule has 2 rings (SSSR count). The molecule has 1 aliphatic rings. The van der Waals surface area contributed by atoms with Gasteiger partial charge in [0.25, 0.3) is 0 Å². The number of halogens is 2. The smallest absolute Gasteiger partial charge is 0.222 e. The summed E-state index contributed by atoms with van der Waals surface area (Å²) in [6.45, 7) is 3.63. The van der Waals surface area contributed by atoms with Crippen molar-refractivity contribution in [2.75, 3.05) is 34.0 Å². The van der Waals surface area contributed by atoms with Crippen LogP contribution in [0.5, 0.6) is 11.5 Å². The summed E-state index contributed by atoms with van der Waals surface area (Å²) in [5, 5.41) is 6.01. The largest absolute Gasteiger partial charge is 0.493 e. The molecule has 8 heteroatoms. The van der Waals surface area contributed by atoms with Crippen molar-refractivity contribution in [1.29, 1.82) is 0 Å². The van der Waals surface area contributed by atoms with Crippen LogP contribution in [0.3, 0.4) is 0 Å². The average Bonchev–Trinajstić information content (AvgIpc) is 2.55. The third-order valence-corrected chi connectivity index (χ3v) is 3.78.